The zero-order chi connectivity index (χ0) is 18.5. The third kappa shape index (κ3) is 2.52. The number of amidine groups is 1. The molecule has 2 aromatic carbocycles. The molecule has 1 aromatic heterocycles. The number of para-hydroxylation sites is 1. The Morgan fingerprint density at radius 1 is 1.12 bits per heavy atom. The number of non-ortho nitro benzene ring substituents is 1. The van der Waals surface area contributed by atoms with Gasteiger partial charge in [0.05, 0.1) is 10.6 Å². The van der Waals surface area contributed by atoms with Crippen LogP contribution in [0.25, 0.3) is 11.0 Å². The number of benzene rings is 2. The van der Waals surface area contributed by atoms with Crippen LogP contribution in [0.5, 0.6) is 0 Å². The lowest BCUT2D eigenvalue weighted by Crippen LogP contribution is -2.27. The summed E-state index contributed by atoms with van der Waals surface area (Å²) in [6.45, 7) is 0. The first-order valence-electron chi connectivity index (χ1n) is 7.29. The molecule has 0 aliphatic carbocycles. The van der Waals surface area contributed by atoms with E-state index in [1.165, 1.54) is 36.4 Å². The van der Waals surface area contributed by atoms with Gasteiger partial charge in [0.15, 0.2) is 5.84 Å². The number of nitrogens with zero attached hydrogens (tertiary/aromatic N) is 2. The molecule has 1 N–H and O–H groups in total. The SMILES string of the molecule is O=c1oc2ccc([N+](=O)[O-])cc2cc1C1=NS(=O)(=O)c2ccccc2N1. The molecule has 0 bridgehead atoms. The van der Waals surface area contributed by atoms with Crippen molar-refractivity contribution < 1.29 is 17.8 Å². The average Bonchev–Trinajstić information content (AvgIpc) is 2.60. The van der Waals surface area contributed by atoms with Crippen molar-refractivity contribution in [3.63, 3.8) is 0 Å². The minimum atomic E-state index is -3.99. The molecule has 10 heteroatoms. The smallest absolute Gasteiger partial charge is 0.347 e. The highest BCUT2D eigenvalue weighted by Gasteiger charge is 2.27. The van der Waals surface area contributed by atoms with Crippen LogP contribution in [0.2, 0.25) is 0 Å². The van der Waals surface area contributed by atoms with Crippen LogP contribution in [0.1, 0.15) is 5.56 Å². The molecular weight excluding hydrogens is 362 g/mol. The Balaban J connectivity index is 1.92. The van der Waals surface area contributed by atoms with E-state index in [0.717, 1.165) is 0 Å². The fourth-order valence-electron chi connectivity index (χ4n) is 2.62. The maximum Gasteiger partial charge on any atom is 0.347 e. The Labute approximate surface area is 145 Å². The van der Waals surface area contributed by atoms with Crippen molar-refractivity contribution in [3.8, 4) is 0 Å². The predicted octanol–water partition coefficient (Wildman–Crippen LogP) is 2.26. The Morgan fingerprint density at radius 2 is 1.88 bits per heavy atom. The molecule has 0 atom stereocenters. The number of rotatable bonds is 2. The normalized spacial score (nSPS) is 15.0. The largest absolute Gasteiger partial charge is 0.422 e. The molecule has 26 heavy (non-hydrogen) atoms. The van der Waals surface area contributed by atoms with E-state index < -0.39 is 20.6 Å². The maximum atomic E-state index is 12.3. The van der Waals surface area contributed by atoms with Crippen LogP contribution in [0.3, 0.4) is 0 Å². The molecule has 0 unspecified atom stereocenters. The van der Waals surface area contributed by atoms with Crippen molar-refractivity contribution in [2.75, 3.05) is 5.32 Å². The number of hydrogen-bond acceptors (Lipinski definition) is 7. The van der Waals surface area contributed by atoms with Gasteiger partial charge in [0.1, 0.15) is 16.0 Å². The predicted molar refractivity (Wildman–Crippen MR) is 92.9 cm³/mol. The van der Waals surface area contributed by atoms with E-state index in [4.69, 9.17) is 4.42 Å². The van der Waals surface area contributed by atoms with Crippen molar-refractivity contribution in [3.05, 3.63) is 74.6 Å². The molecule has 0 saturated heterocycles. The summed E-state index contributed by atoms with van der Waals surface area (Å²) >= 11 is 0. The average molecular weight is 371 g/mol. The fraction of sp³-hybridized carbons (Fsp3) is 0. The molecule has 0 saturated carbocycles. The molecule has 130 valence electrons. The molecule has 0 fully saturated rings. The summed E-state index contributed by atoms with van der Waals surface area (Å²) in [5, 5.41) is 14.0. The minimum absolute atomic E-state index is 0.00966. The van der Waals surface area contributed by atoms with Crippen LogP contribution in [0, 0.1) is 10.1 Å². The minimum Gasteiger partial charge on any atom is -0.422 e. The van der Waals surface area contributed by atoms with Gasteiger partial charge in [-0.25, -0.2) is 4.79 Å². The van der Waals surface area contributed by atoms with Gasteiger partial charge in [-0.1, -0.05) is 12.1 Å². The highest BCUT2D eigenvalue weighted by molar-refractivity contribution is 7.90. The number of hydrogen-bond donors (Lipinski definition) is 1. The Bertz CT molecular complexity index is 1280. The quantitative estimate of drug-likeness (QED) is 0.415. The van der Waals surface area contributed by atoms with Crippen molar-refractivity contribution >= 4 is 38.2 Å². The van der Waals surface area contributed by atoms with E-state index in [2.05, 4.69) is 9.71 Å². The number of fused-ring (bicyclic) bond motifs is 2. The molecule has 0 amide bonds. The Kier molecular flexibility index (Phi) is 3.37. The second-order valence-corrected chi connectivity index (χ2v) is 7.04. The van der Waals surface area contributed by atoms with Crippen LogP contribution in [-0.2, 0) is 10.0 Å². The third-order valence-electron chi connectivity index (χ3n) is 3.81. The summed E-state index contributed by atoms with van der Waals surface area (Å²) in [6, 6.07) is 11.2. The molecule has 0 spiro atoms. The lowest BCUT2D eigenvalue weighted by Gasteiger charge is -2.17. The standard InChI is InChI=1S/C16H9N3O6S/c20-16-11(8-9-7-10(19(21)22)5-6-13(9)25-16)15-17-12-3-1-2-4-14(12)26(23,24)18-15/h1-8H,(H,17,18). The number of nitro groups is 1. The van der Waals surface area contributed by atoms with Crippen molar-refractivity contribution in [2.24, 2.45) is 4.40 Å². The Hall–Kier alpha value is -3.53. The molecule has 0 radical (unpaired) electrons. The van der Waals surface area contributed by atoms with Gasteiger partial charge >= 0.3 is 5.63 Å². The van der Waals surface area contributed by atoms with E-state index >= 15 is 0 Å². The van der Waals surface area contributed by atoms with Gasteiger partial charge in [0, 0.05) is 17.5 Å². The zero-order valence-electron chi connectivity index (χ0n) is 12.9. The first-order valence-corrected chi connectivity index (χ1v) is 8.73. The number of nitrogens with one attached hydrogen (secondary N) is 1. The van der Waals surface area contributed by atoms with Crippen LogP contribution in [0.15, 0.2) is 67.0 Å². The van der Waals surface area contributed by atoms with E-state index in [0.29, 0.717) is 0 Å². The van der Waals surface area contributed by atoms with E-state index in [1.807, 2.05) is 0 Å². The van der Waals surface area contributed by atoms with Crippen LogP contribution < -0.4 is 10.9 Å². The maximum absolute atomic E-state index is 12.3. The molecular formula is C16H9N3O6S. The lowest BCUT2D eigenvalue weighted by atomic mass is 10.1. The molecule has 3 aromatic rings. The Morgan fingerprint density at radius 3 is 2.65 bits per heavy atom. The van der Waals surface area contributed by atoms with Gasteiger partial charge in [-0.2, -0.15) is 8.42 Å². The summed E-state index contributed by atoms with van der Waals surface area (Å²) in [5.41, 5.74) is -0.725. The van der Waals surface area contributed by atoms with E-state index in [1.54, 1.807) is 12.1 Å². The zero-order valence-corrected chi connectivity index (χ0v) is 13.7. The van der Waals surface area contributed by atoms with Gasteiger partial charge in [-0.15, -0.1) is 4.40 Å². The number of sulfonamides is 1. The summed E-state index contributed by atoms with van der Waals surface area (Å²) < 4.78 is 33.4. The van der Waals surface area contributed by atoms with Crippen LogP contribution in [-0.4, -0.2) is 19.2 Å². The topological polar surface area (TPSA) is 132 Å². The summed E-state index contributed by atoms with van der Waals surface area (Å²) in [5.74, 6) is -0.203. The second kappa shape index (κ2) is 5.49. The molecule has 2 heterocycles. The van der Waals surface area contributed by atoms with E-state index in [9.17, 15) is 23.3 Å². The third-order valence-corrected chi connectivity index (χ3v) is 5.15. The summed E-state index contributed by atoms with van der Waals surface area (Å²) in [7, 11) is -3.99. The van der Waals surface area contributed by atoms with Gasteiger partial charge in [0.2, 0.25) is 0 Å². The fourth-order valence-corrected chi connectivity index (χ4v) is 3.75. The number of anilines is 1. The van der Waals surface area contributed by atoms with E-state index in [-0.39, 0.29) is 38.6 Å². The first kappa shape index (κ1) is 16.0. The van der Waals surface area contributed by atoms with Gasteiger partial charge in [-0.05, 0) is 24.3 Å². The second-order valence-electron chi connectivity index (χ2n) is 5.46. The molecule has 1 aliphatic rings. The van der Waals surface area contributed by atoms with Crippen LogP contribution in [0.4, 0.5) is 11.4 Å². The van der Waals surface area contributed by atoms with Crippen molar-refractivity contribution in [1.29, 1.82) is 0 Å². The van der Waals surface area contributed by atoms with Gasteiger partial charge in [-0.3, -0.25) is 10.1 Å². The highest BCUT2D eigenvalue weighted by atomic mass is 32.2. The first-order chi connectivity index (χ1) is 12.3. The van der Waals surface area contributed by atoms with Gasteiger partial charge in [0.25, 0.3) is 15.7 Å². The highest BCUT2D eigenvalue weighted by Crippen LogP contribution is 2.28. The molecule has 9 nitrogen and oxygen atoms in total. The number of nitro benzene ring substituents is 1. The molecule has 1 aliphatic heterocycles. The van der Waals surface area contributed by atoms with Crippen molar-refractivity contribution in [2.45, 2.75) is 4.90 Å². The van der Waals surface area contributed by atoms with Crippen molar-refractivity contribution in [1.82, 2.24) is 0 Å². The van der Waals surface area contributed by atoms with Crippen LogP contribution >= 0.6 is 0 Å². The summed E-state index contributed by atoms with van der Waals surface area (Å²) in [6.07, 6.45) is 0. The van der Waals surface area contributed by atoms with Gasteiger partial charge < -0.3 is 9.73 Å². The lowest BCUT2D eigenvalue weighted by molar-refractivity contribution is -0.384. The monoisotopic (exact) mass is 371 g/mol. The summed E-state index contributed by atoms with van der Waals surface area (Å²) in [4.78, 5) is 22.6. The molecule has 4 rings (SSSR count).